The molecule has 5 nitrogen and oxygen atoms in total. The third-order valence-electron chi connectivity index (χ3n) is 5.17. The van der Waals surface area contributed by atoms with E-state index in [1.54, 1.807) is 12.1 Å². The molecule has 0 aliphatic heterocycles. The minimum Gasteiger partial charge on any atom is -0.493 e. The van der Waals surface area contributed by atoms with E-state index < -0.39 is 0 Å². The van der Waals surface area contributed by atoms with Gasteiger partial charge in [0, 0.05) is 17.1 Å². The van der Waals surface area contributed by atoms with Gasteiger partial charge in [0.15, 0.2) is 0 Å². The van der Waals surface area contributed by atoms with Crippen molar-refractivity contribution in [2.45, 2.75) is 26.7 Å². The Hall–Kier alpha value is -3.60. The first-order valence-corrected chi connectivity index (χ1v) is 10.1. The van der Waals surface area contributed by atoms with Crippen molar-refractivity contribution in [3.05, 3.63) is 82.1 Å². The van der Waals surface area contributed by atoms with Gasteiger partial charge in [-0.05, 0) is 47.4 Å². The maximum Gasteiger partial charge on any atom is 0.260 e. The number of fused-ring (bicyclic) bond motifs is 2. The van der Waals surface area contributed by atoms with Crippen molar-refractivity contribution < 1.29 is 9.53 Å². The van der Waals surface area contributed by atoms with Crippen molar-refractivity contribution in [1.29, 1.82) is 0 Å². The number of anilines is 1. The Labute approximate surface area is 174 Å². The maximum absolute atomic E-state index is 13.2. The highest BCUT2D eigenvalue weighted by molar-refractivity contribution is 6.15. The summed E-state index contributed by atoms with van der Waals surface area (Å²) in [6.45, 7) is 6.47. The van der Waals surface area contributed by atoms with Crippen LogP contribution >= 0.6 is 0 Å². The predicted octanol–water partition coefficient (Wildman–Crippen LogP) is 5.46. The van der Waals surface area contributed by atoms with Crippen molar-refractivity contribution in [2.75, 3.05) is 11.9 Å². The summed E-state index contributed by atoms with van der Waals surface area (Å²) in [4.78, 5) is 28.2. The number of amides is 1. The molecule has 0 fully saturated rings. The zero-order valence-corrected chi connectivity index (χ0v) is 17.3. The Kier molecular flexibility index (Phi) is 5.27. The van der Waals surface area contributed by atoms with Crippen molar-refractivity contribution >= 4 is 33.3 Å². The molecular formula is C25H24N2O3. The lowest BCUT2D eigenvalue weighted by Crippen LogP contribution is -2.15. The van der Waals surface area contributed by atoms with Crippen LogP contribution in [0.1, 0.15) is 42.6 Å². The Bertz CT molecular complexity index is 1310. The lowest BCUT2D eigenvalue weighted by atomic mass is 9.98. The fourth-order valence-electron chi connectivity index (χ4n) is 3.80. The molecule has 5 heteroatoms. The van der Waals surface area contributed by atoms with Crippen LogP contribution in [0.25, 0.3) is 21.7 Å². The second-order valence-electron chi connectivity index (χ2n) is 7.55. The highest BCUT2D eigenvalue weighted by Gasteiger charge is 2.17. The van der Waals surface area contributed by atoms with Crippen LogP contribution in [0.5, 0.6) is 5.75 Å². The standard InChI is InChI=1S/C25H24N2O3/c1-4-30-22-12-9-16-7-5-6-8-18(16)24(22)25(29)26-17-10-11-19-20(15(2)3)14-23(28)27-21(19)13-17/h5-15H,4H2,1-3H3,(H,26,29)(H,27,28). The van der Waals surface area contributed by atoms with Crippen LogP contribution in [0, 0.1) is 0 Å². The SMILES string of the molecule is CCOc1ccc2ccccc2c1C(=O)Nc1ccc2c(C(C)C)cc(=O)[nH]c2c1. The molecular weight excluding hydrogens is 376 g/mol. The minimum absolute atomic E-state index is 0.151. The second kappa shape index (κ2) is 8.03. The number of carbonyl (C=O) groups is 1. The van der Waals surface area contributed by atoms with Gasteiger partial charge in [-0.25, -0.2) is 0 Å². The molecule has 4 rings (SSSR count). The van der Waals surface area contributed by atoms with Gasteiger partial charge in [-0.1, -0.05) is 50.2 Å². The molecule has 0 atom stereocenters. The smallest absolute Gasteiger partial charge is 0.260 e. The second-order valence-corrected chi connectivity index (χ2v) is 7.55. The van der Waals surface area contributed by atoms with E-state index in [1.165, 1.54) is 0 Å². The van der Waals surface area contributed by atoms with E-state index in [2.05, 4.69) is 24.1 Å². The summed E-state index contributed by atoms with van der Waals surface area (Å²) in [6, 6.07) is 18.7. The number of rotatable bonds is 5. The number of H-pyrrole nitrogens is 1. The number of aromatic nitrogens is 1. The van der Waals surface area contributed by atoms with Crippen molar-refractivity contribution in [3.8, 4) is 5.75 Å². The molecule has 1 aromatic heterocycles. The minimum atomic E-state index is -0.253. The summed E-state index contributed by atoms with van der Waals surface area (Å²) in [5.74, 6) is 0.515. The lowest BCUT2D eigenvalue weighted by molar-refractivity contribution is 0.102. The Morgan fingerprint density at radius 1 is 1.03 bits per heavy atom. The summed E-state index contributed by atoms with van der Waals surface area (Å²) < 4.78 is 5.72. The molecule has 3 aromatic carbocycles. The van der Waals surface area contributed by atoms with E-state index >= 15 is 0 Å². The van der Waals surface area contributed by atoms with Gasteiger partial charge in [0.1, 0.15) is 5.75 Å². The first-order chi connectivity index (χ1) is 14.5. The number of nitrogens with one attached hydrogen (secondary N) is 2. The Morgan fingerprint density at radius 3 is 2.60 bits per heavy atom. The van der Waals surface area contributed by atoms with Gasteiger partial charge in [0.05, 0.1) is 17.7 Å². The highest BCUT2D eigenvalue weighted by atomic mass is 16.5. The van der Waals surface area contributed by atoms with E-state index in [9.17, 15) is 9.59 Å². The normalized spacial score (nSPS) is 11.2. The first-order valence-electron chi connectivity index (χ1n) is 10.1. The van der Waals surface area contributed by atoms with Crippen LogP contribution in [-0.4, -0.2) is 17.5 Å². The summed E-state index contributed by atoms with van der Waals surface area (Å²) in [7, 11) is 0. The van der Waals surface area contributed by atoms with Crippen molar-refractivity contribution in [3.63, 3.8) is 0 Å². The van der Waals surface area contributed by atoms with E-state index in [1.807, 2.05) is 55.5 Å². The third-order valence-corrected chi connectivity index (χ3v) is 5.17. The number of hydrogen-bond acceptors (Lipinski definition) is 3. The average molecular weight is 400 g/mol. The van der Waals surface area contributed by atoms with Gasteiger partial charge in [0.2, 0.25) is 5.56 Å². The molecule has 0 spiro atoms. The van der Waals surface area contributed by atoms with E-state index in [0.29, 0.717) is 29.1 Å². The Balaban J connectivity index is 1.77. The van der Waals surface area contributed by atoms with Crippen molar-refractivity contribution in [2.24, 2.45) is 0 Å². The number of ether oxygens (including phenoxy) is 1. The van der Waals surface area contributed by atoms with Gasteiger partial charge in [0.25, 0.3) is 5.91 Å². The molecule has 0 radical (unpaired) electrons. The topological polar surface area (TPSA) is 71.2 Å². The molecule has 0 unspecified atom stereocenters. The van der Waals surface area contributed by atoms with Crippen LogP contribution < -0.4 is 15.6 Å². The van der Waals surface area contributed by atoms with Crippen LogP contribution in [0.4, 0.5) is 5.69 Å². The van der Waals surface area contributed by atoms with Crippen LogP contribution in [-0.2, 0) is 0 Å². The van der Waals surface area contributed by atoms with Crippen LogP contribution in [0.15, 0.2) is 65.5 Å². The molecule has 1 amide bonds. The lowest BCUT2D eigenvalue weighted by Gasteiger charge is -2.14. The molecule has 1 heterocycles. The first kappa shape index (κ1) is 19.7. The number of aromatic amines is 1. The highest BCUT2D eigenvalue weighted by Crippen LogP contribution is 2.30. The number of carbonyl (C=O) groups excluding carboxylic acids is 1. The molecule has 30 heavy (non-hydrogen) atoms. The zero-order valence-electron chi connectivity index (χ0n) is 17.3. The van der Waals surface area contributed by atoms with Crippen LogP contribution in [0.3, 0.4) is 0 Å². The van der Waals surface area contributed by atoms with Gasteiger partial charge in [-0.3, -0.25) is 9.59 Å². The predicted molar refractivity (Wildman–Crippen MR) is 122 cm³/mol. The summed E-state index contributed by atoms with van der Waals surface area (Å²) in [6.07, 6.45) is 0. The third kappa shape index (κ3) is 3.66. The van der Waals surface area contributed by atoms with Gasteiger partial charge < -0.3 is 15.0 Å². The molecule has 2 N–H and O–H groups in total. The molecule has 0 bridgehead atoms. The number of benzene rings is 3. The average Bonchev–Trinajstić information content (AvgIpc) is 2.72. The van der Waals surface area contributed by atoms with E-state index in [0.717, 1.165) is 21.7 Å². The number of hydrogen-bond donors (Lipinski definition) is 2. The largest absolute Gasteiger partial charge is 0.493 e. The quantitative estimate of drug-likeness (QED) is 0.468. The molecule has 0 aliphatic rings. The molecule has 0 saturated carbocycles. The van der Waals surface area contributed by atoms with E-state index in [-0.39, 0.29) is 17.4 Å². The fourth-order valence-corrected chi connectivity index (χ4v) is 3.80. The van der Waals surface area contributed by atoms with Crippen molar-refractivity contribution in [1.82, 2.24) is 4.98 Å². The summed E-state index contributed by atoms with van der Waals surface area (Å²) >= 11 is 0. The zero-order chi connectivity index (χ0) is 21.3. The van der Waals surface area contributed by atoms with Gasteiger partial charge in [-0.2, -0.15) is 0 Å². The molecule has 0 saturated heterocycles. The number of pyridine rings is 1. The van der Waals surface area contributed by atoms with Gasteiger partial charge in [-0.15, -0.1) is 0 Å². The van der Waals surface area contributed by atoms with E-state index in [4.69, 9.17) is 4.74 Å². The molecule has 152 valence electrons. The molecule has 4 aromatic rings. The molecule has 0 aliphatic carbocycles. The maximum atomic E-state index is 13.2. The Morgan fingerprint density at radius 2 is 1.83 bits per heavy atom. The van der Waals surface area contributed by atoms with Gasteiger partial charge >= 0.3 is 0 Å². The monoisotopic (exact) mass is 400 g/mol. The van der Waals surface area contributed by atoms with Crippen LogP contribution in [0.2, 0.25) is 0 Å². The summed E-state index contributed by atoms with van der Waals surface area (Å²) in [5, 5.41) is 5.74. The summed E-state index contributed by atoms with van der Waals surface area (Å²) in [5.41, 5.74) is 2.65. The fraction of sp³-hybridized carbons (Fsp3) is 0.200.